The Labute approximate surface area is 118 Å². The van der Waals surface area contributed by atoms with Crippen LogP contribution in [0.15, 0.2) is 0 Å². The first-order valence-corrected chi connectivity index (χ1v) is 4.64. The molecule has 1 saturated heterocycles. The Bertz CT molecular complexity index is 189. The van der Waals surface area contributed by atoms with Crippen molar-refractivity contribution in [3.8, 4) is 0 Å². The number of rotatable bonds is 1. The molecule has 0 aromatic carbocycles. The van der Waals surface area contributed by atoms with Crippen molar-refractivity contribution >= 4 is 35.7 Å². The number of nitrogens with one attached hydrogen (secondary N) is 1. The van der Waals surface area contributed by atoms with Gasteiger partial charge >= 0.3 is 29.6 Å². The number of hydrogen-bond donors (Lipinski definition) is 4. The summed E-state index contributed by atoms with van der Waals surface area (Å²) in [5.74, 6) is 0. The van der Waals surface area contributed by atoms with Gasteiger partial charge in [-0.2, -0.15) is 0 Å². The van der Waals surface area contributed by atoms with E-state index in [0.29, 0.717) is 0 Å². The minimum Gasteiger partial charge on any atom is -1.00 e. The summed E-state index contributed by atoms with van der Waals surface area (Å²) in [6.45, 7) is 1.93. The Balaban J connectivity index is -0.000000213. The standard InChI is InChI=1S/C5H10N2OS.CH3NOS.Na.H/c8-5(9)6-7-3-1-2-4-7;2-1(3)4;;/h1-4H2,(H2,6,8,9);(H3,2,3,4);;/q;;+1;-1. The van der Waals surface area contributed by atoms with Gasteiger partial charge in [0.05, 0.1) is 0 Å². The number of hydrogen-bond acceptors (Lipinski definition) is 3. The molecule has 0 bridgehead atoms. The Hall–Kier alpha value is 0.600. The maximum Gasteiger partial charge on any atom is 1.00 e. The largest absolute Gasteiger partial charge is 1.00 e. The predicted octanol–water partition coefficient (Wildman–Crippen LogP) is -2.25. The van der Waals surface area contributed by atoms with Crippen LogP contribution < -0.4 is 40.7 Å². The number of nitrogens with zero attached hydrogens (tertiary/aromatic N) is 1. The molecule has 5 nitrogen and oxygen atoms in total. The maximum absolute atomic E-state index is 10.3. The molecular formula is C6H14N3NaO2S2. The topological polar surface area (TPSA) is 75.4 Å². The van der Waals surface area contributed by atoms with Crippen LogP contribution in [0.2, 0.25) is 0 Å². The van der Waals surface area contributed by atoms with Crippen LogP contribution in [-0.2, 0) is 0 Å². The number of hydrazine groups is 1. The van der Waals surface area contributed by atoms with Crippen LogP contribution in [0, 0.1) is 0 Å². The second kappa shape index (κ2) is 10.1. The zero-order valence-electron chi connectivity index (χ0n) is 9.06. The second-order valence-corrected chi connectivity index (χ2v) is 3.30. The summed E-state index contributed by atoms with van der Waals surface area (Å²) in [6, 6.07) is 0. The smallest absolute Gasteiger partial charge is 1.00 e. The molecule has 1 aliphatic heterocycles. The molecule has 0 radical (unpaired) electrons. The molecule has 2 amide bonds. The number of amides is 2. The summed E-state index contributed by atoms with van der Waals surface area (Å²) in [5, 5.41) is 0.979. The van der Waals surface area contributed by atoms with Gasteiger partial charge in [0.1, 0.15) is 0 Å². The monoisotopic (exact) mass is 247 g/mol. The van der Waals surface area contributed by atoms with Gasteiger partial charge in [-0.15, -0.1) is 0 Å². The van der Waals surface area contributed by atoms with Crippen molar-refractivity contribution in [3.05, 3.63) is 0 Å². The predicted molar refractivity (Wildman–Crippen MR) is 58.0 cm³/mol. The molecule has 1 aliphatic rings. The van der Waals surface area contributed by atoms with Gasteiger partial charge in [0.2, 0.25) is 0 Å². The summed E-state index contributed by atoms with van der Waals surface area (Å²) < 4.78 is 0. The average Bonchev–Trinajstić information content (AvgIpc) is 2.36. The number of primary amides is 1. The molecule has 1 fully saturated rings. The molecule has 1 heterocycles. The van der Waals surface area contributed by atoms with Gasteiger partial charge < -0.3 is 7.16 Å². The van der Waals surface area contributed by atoms with E-state index in [1.807, 2.05) is 5.01 Å². The third kappa shape index (κ3) is 12.6. The van der Waals surface area contributed by atoms with Gasteiger partial charge in [0.15, 0.2) is 0 Å². The molecule has 8 heteroatoms. The second-order valence-electron chi connectivity index (χ2n) is 2.45. The van der Waals surface area contributed by atoms with Crippen LogP contribution >= 0.6 is 25.3 Å². The van der Waals surface area contributed by atoms with E-state index in [-0.39, 0.29) is 36.2 Å². The normalized spacial score (nSPS) is 14.7. The van der Waals surface area contributed by atoms with Crippen molar-refractivity contribution in [3.63, 3.8) is 0 Å². The Morgan fingerprint density at radius 3 is 1.93 bits per heavy atom. The van der Waals surface area contributed by atoms with Crippen LogP contribution in [0.5, 0.6) is 0 Å². The van der Waals surface area contributed by atoms with E-state index in [2.05, 4.69) is 36.4 Å². The van der Waals surface area contributed by atoms with E-state index in [1.165, 1.54) is 12.8 Å². The fraction of sp³-hybridized carbons (Fsp3) is 0.667. The van der Waals surface area contributed by atoms with Gasteiger partial charge in [0.25, 0.3) is 10.5 Å². The number of carbonyl (C=O) groups excluding carboxylic acids is 2. The van der Waals surface area contributed by atoms with E-state index in [4.69, 9.17) is 4.79 Å². The van der Waals surface area contributed by atoms with Crippen LogP contribution in [0.1, 0.15) is 14.3 Å². The van der Waals surface area contributed by atoms with E-state index < -0.39 is 5.24 Å². The van der Waals surface area contributed by atoms with E-state index in [1.54, 1.807) is 0 Å². The molecule has 0 spiro atoms. The Kier molecular flexibility index (Phi) is 12.3. The molecule has 0 aliphatic carbocycles. The summed E-state index contributed by atoms with van der Waals surface area (Å²) >= 11 is 6.69. The summed E-state index contributed by atoms with van der Waals surface area (Å²) in [6.07, 6.45) is 2.35. The molecule has 14 heavy (non-hydrogen) atoms. The molecule has 0 aromatic rings. The van der Waals surface area contributed by atoms with Crippen molar-refractivity contribution in [1.82, 2.24) is 10.4 Å². The fourth-order valence-corrected chi connectivity index (χ4v) is 1.11. The van der Waals surface area contributed by atoms with E-state index >= 15 is 0 Å². The first-order valence-electron chi connectivity index (χ1n) is 3.75. The summed E-state index contributed by atoms with van der Waals surface area (Å²) in [5.41, 5.74) is 6.94. The van der Waals surface area contributed by atoms with E-state index in [9.17, 15) is 4.79 Å². The summed E-state index contributed by atoms with van der Waals surface area (Å²) in [7, 11) is 0. The van der Waals surface area contributed by atoms with Gasteiger partial charge in [-0.3, -0.25) is 15.0 Å². The third-order valence-corrected chi connectivity index (χ3v) is 1.46. The van der Waals surface area contributed by atoms with Gasteiger partial charge in [-0.1, -0.05) is 25.3 Å². The molecular weight excluding hydrogens is 233 g/mol. The first kappa shape index (κ1) is 17.0. The molecule has 0 atom stereocenters. The van der Waals surface area contributed by atoms with Crippen molar-refractivity contribution in [2.24, 2.45) is 5.73 Å². The van der Waals surface area contributed by atoms with Crippen molar-refractivity contribution in [1.29, 1.82) is 0 Å². The molecule has 3 N–H and O–H groups in total. The van der Waals surface area contributed by atoms with Gasteiger partial charge in [-0.05, 0) is 12.8 Å². The molecule has 1 rings (SSSR count). The van der Waals surface area contributed by atoms with Crippen LogP contribution in [0.3, 0.4) is 0 Å². The fourth-order valence-electron chi connectivity index (χ4n) is 0.964. The summed E-state index contributed by atoms with van der Waals surface area (Å²) in [4.78, 5) is 19.4. The number of nitrogens with two attached hydrogens (primary N) is 1. The zero-order chi connectivity index (χ0) is 10.3. The molecule has 0 aromatic heterocycles. The zero-order valence-corrected chi connectivity index (χ0v) is 11.9. The first-order chi connectivity index (χ1) is 6.02. The van der Waals surface area contributed by atoms with Crippen LogP contribution in [0.25, 0.3) is 0 Å². The minimum atomic E-state index is -0.639. The van der Waals surface area contributed by atoms with Crippen molar-refractivity contribution in [2.75, 3.05) is 13.1 Å². The molecule has 0 saturated carbocycles. The van der Waals surface area contributed by atoms with Gasteiger partial charge in [0, 0.05) is 13.1 Å². The van der Waals surface area contributed by atoms with Crippen molar-refractivity contribution in [2.45, 2.75) is 12.8 Å². The molecule has 78 valence electrons. The quantitative estimate of drug-likeness (QED) is 0.312. The van der Waals surface area contributed by atoms with Gasteiger partial charge in [-0.25, -0.2) is 5.01 Å². The van der Waals surface area contributed by atoms with Crippen LogP contribution in [0.4, 0.5) is 9.59 Å². The average molecular weight is 247 g/mol. The minimum absolute atomic E-state index is 0. The number of carbonyl (C=O) groups is 2. The number of thiol groups is 2. The Morgan fingerprint density at radius 2 is 1.64 bits per heavy atom. The SMILES string of the molecule is NC(=O)S.O=C(S)NN1CCCC1.[H-].[Na+]. The van der Waals surface area contributed by atoms with E-state index in [0.717, 1.165) is 13.1 Å². The van der Waals surface area contributed by atoms with Crippen molar-refractivity contribution < 1.29 is 40.6 Å². The third-order valence-electron chi connectivity index (χ3n) is 1.36. The maximum atomic E-state index is 10.3. The molecule has 0 unspecified atom stereocenters. The van der Waals surface area contributed by atoms with Crippen LogP contribution in [-0.4, -0.2) is 28.6 Å². The Morgan fingerprint density at radius 1 is 1.29 bits per heavy atom.